The van der Waals surface area contributed by atoms with E-state index in [0.717, 1.165) is 6.42 Å². The average Bonchev–Trinajstić information content (AvgIpc) is 2.50. The van der Waals surface area contributed by atoms with Crippen LogP contribution in [0.3, 0.4) is 0 Å². The second kappa shape index (κ2) is 10.3. The summed E-state index contributed by atoms with van der Waals surface area (Å²) in [6.07, 6.45) is 14.3. The molecule has 2 unspecified atom stereocenters. The first kappa shape index (κ1) is 18.4. The highest BCUT2D eigenvalue weighted by molar-refractivity contribution is 5.55. The van der Waals surface area contributed by atoms with Crippen LogP contribution in [-0.4, -0.2) is 0 Å². The molecule has 0 heteroatoms. The fourth-order valence-electron chi connectivity index (χ4n) is 2.20. The van der Waals surface area contributed by atoms with Crippen LogP contribution in [0.4, 0.5) is 0 Å². The summed E-state index contributed by atoms with van der Waals surface area (Å²) in [7, 11) is 0. The molecule has 0 heterocycles. The topological polar surface area (TPSA) is 0 Å². The average molecular weight is 270 g/mol. The van der Waals surface area contributed by atoms with Gasteiger partial charge < -0.3 is 0 Å². The van der Waals surface area contributed by atoms with Gasteiger partial charge in [-0.3, -0.25) is 0 Å². The van der Waals surface area contributed by atoms with E-state index in [0.29, 0.717) is 11.8 Å². The molecule has 0 saturated carbocycles. The SMILES string of the molecule is C.CC.CC1/C=C\C=C/C/C=C\c2ccccc2C1C. The summed E-state index contributed by atoms with van der Waals surface area (Å²) in [4.78, 5) is 0. The minimum absolute atomic E-state index is 0. The molecule has 0 saturated heterocycles. The summed E-state index contributed by atoms with van der Waals surface area (Å²) in [6.45, 7) is 8.59. The smallest absolute Gasteiger partial charge is 0.0124 e. The molecule has 110 valence electrons. The van der Waals surface area contributed by atoms with Gasteiger partial charge in [-0.15, -0.1) is 0 Å². The zero-order valence-corrected chi connectivity index (χ0v) is 12.6. The van der Waals surface area contributed by atoms with Gasteiger partial charge in [-0.2, -0.15) is 0 Å². The standard InChI is InChI=1S/C17H20.C2H6.CH4/c1-14-10-6-4-3-5-7-11-16-12-8-9-13-17(16)15(14)2;1-2;/h3-4,6-15H,5H2,1-2H3;1-2H3;1H4/b4-3-,10-6-,11-7-;;. The van der Waals surface area contributed by atoms with Crippen LogP contribution >= 0.6 is 0 Å². The van der Waals surface area contributed by atoms with Crippen LogP contribution in [0.5, 0.6) is 0 Å². The van der Waals surface area contributed by atoms with Gasteiger partial charge in [0, 0.05) is 0 Å². The van der Waals surface area contributed by atoms with E-state index in [-0.39, 0.29) is 7.43 Å². The molecule has 2 atom stereocenters. The highest BCUT2D eigenvalue weighted by Gasteiger charge is 2.13. The highest BCUT2D eigenvalue weighted by atomic mass is 14.2. The molecule has 0 bridgehead atoms. The summed E-state index contributed by atoms with van der Waals surface area (Å²) >= 11 is 0. The first-order valence-corrected chi connectivity index (χ1v) is 7.38. The second-order valence-corrected chi connectivity index (χ2v) is 4.73. The fourth-order valence-corrected chi connectivity index (χ4v) is 2.20. The minimum Gasteiger partial charge on any atom is -0.0811 e. The predicted molar refractivity (Wildman–Crippen MR) is 94.0 cm³/mol. The Labute approximate surface area is 125 Å². The van der Waals surface area contributed by atoms with E-state index < -0.39 is 0 Å². The van der Waals surface area contributed by atoms with Gasteiger partial charge in [-0.1, -0.05) is 95.8 Å². The maximum absolute atomic E-state index is 2.31. The van der Waals surface area contributed by atoms with Crippen molar-refractivity contribution < 1.29 is 0 Å². The van der Waals surface area contributed by atoms with Crippen LogP contribution < -0.4 is 0 Å². The van der Waals surface area contributed by atoms with Crippen LogP contribution in [0, 0.1) is 5.92 Å². The molecule has 2 rings (SSSR count). The molecule has 1 aliphatic carbocycles. The molecule has 20 heavy (non-hydrogen) atoms. The van der Waals surface area contributed by atoms with E-state index in [4.69, 9.17) is 0 Å². The van der Waals surface area contributed by atoms with Gasteiger partial charge in [0.05, 0.1) is 0 Å². The van der Waals surface area contributed by atoms with Gasteiger partial charge in [-0.05, 0) is 29.4 Å². The van der Waals surface area contributed by atoms with Crippen molar-refractivity contribution in [2.24, 2.45) is 5.92 Å². The Balaban J connectivity index is 0.00000115. The van der Waals surface area contributed by atoms with Crippen LogP contribution in [0.25, 0.3) is 6.08 Å². The summed E-state index contributed by atoms with van der Waals surface area (Å²) in [6, 6.07) is 8.71. The molecule has 0 fully saturated rings. The number of fused-ring (bicyclic) bond motifs is 1. The molecular formula is C20H30. The van der Waals surface area contributed by atoms with E-state index >= 15 is 0 Å². The van der Waals surface area contributed by atoms with Gasteiger partial charge in [-0.25, -0.2) is 0 Å². The normalized spacial score (nSPS) is 25.6. The monoisotopic (exact) mass is 270 g/mol. The molecule has 0 aromatic heterocycles. The molecule has 1 aliphatic rings. The number of rotatable bonds is 0. The zero-order chi connectivity index (χ0) is 14.1. The molecule has 0 N–H and O–H groups in total. The molecule has 1 aromatic rings. The van der Waals surface area contributed by atoms with E-state index in [1.165, 1.54) is 11.1 Å². The first-order chi connectivity index (χ1) is 9.29. The Hall–Kier alpha value is -1.56. The maximum atomic E-state index is 2.31. The molecule has 1 aromatic carbocycles. The van der Waals surface area contributed by atoms with Crippen molar-refractivity contribution in [2.45, 2.75) is 47.5 Å². The van der Waals surface area contributed by atoms with Gasteiger partial charge in [0.25, 0.3) is 0 Å². The van der Waals surface area contributed by atoms with Crippen LogP contribution in [0.15, 0.2) is 54.6 Å². The van der Waals surface area contributed by atoms with Crippen molar-refractivity contribution in [1.82, 2.24) is 0 Å². The Morgan fingerprint density at radius 2 is 1.65 bits per heavy atom. The van der Waals surface area contributed by atoms with E-state index in [1.54, 1.807) is 0 Å². The predicted octanol–water partition coefficient (Wildman–Crippen LogP) is 6.62. The Bertz CT molecular complexity index is 449. The summed E-state index contributed by atoms with van der Waals surface area (Å²) in [5.41, 5.74) is 2.80. The summed E-state index contributed by atoms with van der Waals surface area (Å²) < 4.78 is 0. The lowest BCUT2D eigenvalue weighted by molar-refractivity contribution is 0.590. The number of hydrogen-bond donors (Lipinski definition) is 0. The van der Waals surface area contributed by atoms with Crippen LogP contribution in [-0.2, 0) is 0 Å². The lowest BCUT2D eigenvalue weighted by atomic mass is 9.86. The van der Waals surface area contributed by atoms with Crippen molar-refractivity contribution in [1.29, 1.82) is 0 Å². The third kappa shape index (κ3) is 5.21. The van der Waals surface area contributed by atoms with Crippen LogP contribution in [0.2, 0.25) is 0 Å². The molecule has 0 amide bonds. The van der Waals surface area contributed by atoms with Crippen molar-refractivity contribution in [3.8, 4) is 0 Å². The lowest BCUT2D eigenvalue weighted by Crippen LogP contribution is -2.05. The van der Waals surface area contributed by atoms with E-state index in [1.807, 2.05) is 13.8 Å². The Morgan fingerprint density at radius 3 is 2.40 bits per heavy atom. The maximum Gasteiger partial charge on any atom is -0.0124 e. The van der Waals surface area contributed by atoms with E-state index in [9.17, 15) is 0 Å². The minimum atomic E-state index is 0. The van der Waals surface area contributed by atoms with Crippen LogP contribution in [0.1, 0.15) is 58.6 Å². The second-order valence-electron chi connectivity index (χ2n) is 4.73. The Kier molecular flexibility index (Phi) is 9.45. The highest BCUT2D eigenvalue weighted by Crippen LogP contribution is 2.28. The molecule has 0 radical (unpaired) electrons. The van der Waals surface area contributed by atoms with Crippen molar-refractivity contribution in [3.63, 3.8) is 0 Å². The zero-order valence-electron chi connectivity index (χ0n) is 12.6. The van der Waals surface area contributed by atoms with Gasteiger partial charge in [0.15, 0.2) is 0 Å². The molecule has 0 spiro atoms. The molecular weight excluding hydrogens is 240 g/mol. The number of benzene rings is 1. The lowest BCUT2D eigenvalue weighted by Gasteiger charge is -2.19. The van der Waals surface area contributed by atoms with Gasteiger partial charge >= 0.3 is 0 Å². The number of hydrogen-bond acceptors (Lipinski definition) is 0. The molecule has 0 aliphatic heterocycles. The quantitative estimate of drug-likeness (QED) is 0.497. The Morgan fingerprint density at radius 1 is 0.950 bits per heavy atom. The largest absolute Gasteiger partial charge is 0.0811 e. The summed E-state index contributed by atoms with van der Waals surface area (Å²) in [5, 5.41) is 0. The molecule has 0 nitrogen and oxygen atoms in total. The fraction of sp³-hybridized carbons (Fsp3) is 0.400. The number of allylic oxidation sites excluding steroid dienone is 5. The van der Waals surface area contributed by atoms with E-state index in [2.05, 4.69) is 74.6 Å². The first-order valence-electron chi connectivity index (χ1n) is 7.38. The van der Waals surface area contributed by atoms with Crippen molar-refractivity contribution >= 4 is 6.08 Å². The van der Waals surface area contributed by atoms with Gasteiger partial charge in [0.1, 0.15) is 0 Å². The van der Waals surface area contributed by atoms with Crippen molar-refractivity contribution in [3.05, 3.63) is 65.8 Å². The summed E-state index contributed by atoms with van der Waals surface area (Å²) in [5.74, 6) is 1.12. The van der Waals surface area contributed by atoms with Gasteiger partial charge in [0.2, 0.25) is 0 Å². The van der Waals surface area contributed by atoms with Crippen molar-refractivity contribution in [2.75, 3.05) is 0 Å². The third-order valence-electron chi connectivity index (χ3n) is 3.51. The third-order valence-corrected chi connectivity index (χ3v) is 3.51.